The summed E-state index contributed by atoms with van der Waals surface area (Å²) in [7, 11) is 0. The largest absolute Gasteiger partial charge is 0.490 e. The van der Waals surface area contributed by atoms with Crippen LogP contribution in [0.1, 0.15) is 22.3 Å². The van der Waals surface area contributed by atoms with Crippen molar-refractivity contribution in [1.82, 2.24) is 0 Å². The van der Waals surface area contributed by atoms with Crippen LogP contribution in [0, 0.1) is 0 Å². The molecule has 0 fully saturated rings. The van der Waals surface area contributed by atoms with E-state index in [1.54, 1.807) is 0 Å². The second-order valence-electron chi connectivity index (χ2n) is 6.70. The van der Waals surface area contributed by atoms with Crippen LogP contribution in [0.3, 0.4) is 0 Å². The zero-order valence-corrected chi connectivity index (χ0v) is 15.7. The minimum absolute atomic E-state index is 0.0215. The van der Waals surface area contributed by atoms with E-state index in [9.17, 15) is 4.79 Å². The molecule has 4 rings (SSSR count). The van der Waals surface area contributed by atoms with Gasteiger partial charge in [-0.3, -0.25) is 4.79 Å². The Hall–Kier alpha value is -3.27. The number of fused-ring (bicyclic) bond motifs is 1. The molecule has 0 radical (unpaired) electrons. The van der Waals surface area contributed by atoms with Crippen molar-refractivity contribution in [1.29, 1.82) is 0 Å². The predicted molar refractivity (Wildman–Crippen MR) is 110 cm³/mol. The van der Waals surface area contributed by atoms with E-state index in [-0.39, 0.29) is 5.91 Å². The highest BCUT2D eigenvalue weighted by atomic mass is 16.5. The van der Waals surface area contributed by atoms with Gasteiger partial charge in [0.1, 0.15) is 24.7 Å². The molecule has 1 aliphatic rings. The van der Waals surface area contributed by atoms with Gasteiger partial charge in [-0.1, -0.05) is 48.5 Å². The number of nitrogens with zero attached hydrogens (tertiary/aromatic N) is 1. The average Bonchev–Trinajstić information content (AvgIpc) is 2.77. The fraction of sp³-hybridized carbons (Fsp3) is 0.208. The van der Waals surface area contributed by atoms with Gasteiger partial charge in [-0.05, 0) is 48.7 Å². The van der Waals surface area contributed by atoms with Gasteiger partial charge in [0.15, 0.2) is 0 Å². The number of amides is 1. The van der Waals surface area contributed by atoms with Crippen molar-refractivity contribution in [3.05, 3.63) is 90.0 Å². The predicted octanol–water partition coefficient (Wildman–Crippen LogP) is 4.74. The summed E-state index contributed by atoms with van der Waals surface area (Å²) in [6.45, 7) is 1.51. The first-order valence-corrected chi connectivity index (χ1v) is 9.62. The summed E-state index contributed by atoms with van der Waals surface area (Å²) < 4.78 is 11.6. The van der Waals surface area contributed by atoms with Gasteiger partial charge < -0.3 is 14.4 Å². The molecule has 0 aromatic heterocycles. The Kier molecular flexibility index (Phi) is 5.57. The molecule has 0 saturated heterocycles. The first-order chi connectivity index (χ1) is 13.8. The molecule has 0 bridgehead atoms. The second-order valence-corrected chi connectivity index (χ2v) is 6.70. The van der Waals surface area contributed by atoms with Crippen molar-refractivity contribution in [2.45, 2.75) is 12.8 Å². The summed E-state index contributed by atoms with van der Waals surface area (Å²) in [4.78, 5) is 15.1. The molecule has 1 heterocycles. The van der Waals surface area contributed by atoms with E-state index in [2.05, 4.69) is 6.07 Å². The molecule has 0 N–H and O–H groups in total. The third-order valence-corrected chi connectivity index (χ3v) is 4.83. The first-order valence-electron chi connectivity index (χ1n) is 9.62. The number of ether oxygens (including phenoxy) is 2. The minimum Gasteiger partial charge on any atom is -0.490 e. The van der Waals surface area contributed by atoms with Gasteiger partial charge in [0.2, 0.25) is 0 Å². The molecule has 3 aromatic carbocycles. The number of benzene rings is 3. The number of anilines is 1. The van der Waals surface area contributed by atoms with E-state index in [0.29, 0.717) is 24.5 Å². The van der Waals surface area contributed by atoms with Crippen molar-refractivity contribution >= 4 is 11.6 Å². The van der Waals surface area contributed by atoms with Crippen LogP contribution in [0.25, 0.3) is 0 Å². The average molecular weight is 373 g/mol. The lowest BCUT2D eigenvalue weighted by Gasteiger charge is -2.30. The highest BCUT2D eigenvalue weighted by molar-refractivity contribution is 6.08. The third-order valence-electron chi connectivity index (χ3n) is 4.83. The molecule has 3 aromatic rings. The van der Waals surface area contributed by atoms with Crippen molar-refractivity contribution in [2.75, 3.05) is 24.7 Å². The number of carbonyl (C=O) groups is 1. The van der Waals surface area contributed by atoms with Gasteiger partial charge in [0.05, 0.1) is 5.56 Å². The summed E-state index contributed by atoms with van der Waals surface area (Å²) in [5.74, 6) is 1.37. The van der Waals surface area contributed by atoms with Gasteiger partial charge >= 0.3 is 0 Å². The van der Waals surface area contributed by atoms with Gasteiger partial charge in [-0.15, -0.1) is 0 Å². The Balaban J connectivity index is 1.45. The van der Waals surface area contributed by atoms with Crippen LogP contribution in [0.5, 0.6) is 11.5 Å². The van der Waals surface area contributed by atoms with Crippen LogP contribution in [0.15, 0.2) is 78.9 Å². The maximum absolute atomic E-state index is 13.3. The Morgan fingerprint density at radius 1 is 0.821 bits per heavy atom. The summed E-state index contributed by atoms with van der Waals surface area (Å²) in [6, 6.07) is 25.2. The quantitative estimate of drug-likeness (QED) is 0.586. The highest BCUT2D eigenvalue weighted by Crippen LogP contribution is 2.30. The fourth-order valence-corrected chi connectivity index (χ4v) is 3.49. The number of para-hydroxylation sites is 3. The lowest BCUT2D eigenvalue weighted by atomic mass is 10.0. The lowest BCUT2D eigenvalue weighted by Crippen LogP contribution is -2.35. The molecule has 0 atom stereocenters. The van der Waals surface area contributed by atoms with Crippen LogP contribution in [0.2, 0.25) is 0 Å². The molecule has 1 aliphatic heterocycles. The van der Waals surface area contributed by atoms with Crippen molar-refractivity contribution in [2.24, 2.45) is 0 Å². The molecule has 28 heavy (non-hydrogen) atoms. The maximum atomic E-state index is 13.3. The van der Waals surface area contributed by atoms with E-state index in [0.717, 1.165) is 30.8 Å². The van der Waals surface area contributed by atoms with Gasteiger partial charge in [0.25, 0.3) is 5.91 Å². The lowest BCUT2D eigenvalue weighted by molar-refractivity contribution is 0.0980. The molecule has 4 heteroatoms. The molecule has 0 saturated carbocycles. The maximum Gasteiger partial charge on any atom is 0.262 e. The zero-order valence-electron chi connectivity index (χ0n) is 15.7. The molecular formula is C24H23NO3. The molecule has 0 unspecified atom stereocenters. The molecule has 142 valence electrons. The number of hydrogen-bond donors (Lipinski definition) is 0. The summed E-state index contributed by atoms with van der Waals surface area (Å²) in [5, 5.41) is 0. The number of rotatable bonds is 6. The first kappa shape index (κ1) is 18.1. The van der Waals surface area contributed by atoms with Crippen LogP contribution in [-0.4, -0.2) is 25.7 Å². The summed E-state index contributed by atoms with van der Waals surface area (Å²) in [5.41, 5.74) is 2.80. The van der Waals surface area contributed by atoms with E-state index in [4.69, 9.17) is 9.47 Å². The Morgan fingerprint density at radius 2 is 1.54 bits per heavy atom. The molecule has 0 aliphatic carbocycles. The van der Waals surface area contributed by atoms with E-state index in [1.807, 2.05) is 77.7 Å². The normalized spacial score (nSPS) is 12.9. The van der Waals surface area contributed by atoms with Crippen LogP contribution < -0.4 is 14.4 Å². The van der Waals surface area contributed by atoms with Crippen LogP contribution in [0.4, 0.5) is 5.69 Å². The summed E-state index contributed by atoms with van der Waals surface area (Å²) >= 11 is 0. The Morgan fingerprint density at radius 3 is 2.43 bits per heavy atom. The summed E-state index contributed by atoms with van der Waals surface area (Å²) in [6.07, 6.45) is 1.98. The minimum atomic E-state index is -0.0215. The molecular weight excluding hydrogens is 350 g/mol. The highest BCUT2D eigenvalue weighted by Gasteiger charge is 2.25. The van der Waals surface area contributed by atoms with Gasteiger partial charge in [0, 0.05) is 12.2 Å². The number of aryl methyl sites for hydroxylation is 1. The topological polar surface area (TPSA) is 38.8 Å². The van der Waals surface area contributed by atoms with E-state index < -0.39 is 0 Å². The molecule has 0 spiro atoms. The number of hydrogen-bond acceptors (Lipinski definition) is 3. The van der Waals surface area contributed by atoms with E-state index >= 15 is 0 Å². The Bertz CT molecular complexity index is 939. The standard InChI is InChI=1S/C24H23NO3/c26-24(25-16-8-10-19-9-4-6-14-22(19)25)21-13-5-7-15-23(21)28-18-17-27-20-11-2-1-3-12-20/h1-7,9,11-15H,8,10,16-18H2. The molecule has 1 amide bonds. The van der Waals surface area contributed by atoms with Crippen molar-refractivity contribution < 1.29 is 14.3 Å². The van der Waals surface area contributed by atoms with Crippen LogP contribution in [-0.2, 0) is 6.42 Å². The Labute approximate surface area is 165 Å². The van der Waals surface area contributed by atoms with E-state index in [1.165, 1.54) is 5.56 Å². The molecule has 4 nitrogen and oxygen atoms in total. The second kappa shape index (κ2) is 8.61. The SMILES string of the molecule is O=C(c1ccccc1OCCOc1ccccc1)N1CCCc2ccccc21. The van der Waals surface area contributed by atoms with Crippen molar-refractivity contribution in [3.63, 3.8) is 0 Å². The third kappa shape index (κ3) is 4.01. The van der Waals surface area contributed by atoms with Crippen molar-refractivity contribution in [3.8, 4) is 11.5 Å². The van der Waals surface area contributed by atoms with Gasteiger partial charge in [-0.25, -0.2) is 0 Å². The smallest absolute Gasteiger partial charge is 0.262 e. The van der Waals surface area contributed by atoms with Gasteiger partial charge in [-0.2, -0.15) is 0 Å². The monoisotopic (exact) mass is 373 g/mol. The zero-order chi connectivity index (χ0) is 19.2. The van der Waals surface area contributed by atoms with Crippen LogP contribution >= 0.6 is 0 Å². The number of carbonyl (C=O) groups excluding carboxylic acids is 1. The fourth-order valence-electron chi connectivity index (χ4n) is 3.49.